The second-order valence-corrected chi connectivity index (χ2v) is 8.68. The highest BCUT2D eigenvalue weighted by molar-refractivity contribution is 6.14. The third kappa shape index (κ3) is 5.53. The molecule has 2 heterocycles. The van der Waals surface area contributed by atoms with Crippen LogP contribution in [-0.4, -0.2) is 42.4 Å². The van der Waals surface area contributed by atoms with E-state index in [1.165, 1.54) is 43.5 Å². The molecule has 0 spiro atoms. The van der Waals surface area contributed by atoms with Crippen LogP contribution in [0.5, 0.6) is 5.75 Å². The maximum absolute atomic E-state index is 13.4. The molecular weight excluding hydrogens is 521 g/mol. The Bertz CT molecular complexity index is 1680. The number of benzene rings is 3. The Morgan fingerprint density at radius 3 is 2.67 bits per heavy atom. The number of carbonyl (C=O) groups is 4. The average molecular weight is 544 g/mol. The van der Waals surface area contributed by atoms with Gasteiger partial charge in [0.05, 0.1) is 13.7 Å². The van der Waals surface area contributed by atoms with Crippen LogP contribution in [0.15, 0.2) is 82.9 Å². The van der Waals surface area contributed by atoms with Crippen molar-refractivity contribution in [1.29, 1.82) is 0 Å². The van der Waals surface area contributed by atoms with Crippen LogP contribution in [0.2, 0.25) is 0 Å². The minimum absolute atomic E-state index is 0.0184. The lowest BCUT2D eigenvalue weighted by atomic mass is 10.0. The number of hydrogen-bond acceptors (Lipinski definition) is 7. The molecule has 1 aliphatic rings. The van der Waals surface area contributed by atoms with Gasteiger partial charge in [-0.2, -0.15) is 0 Å². The first-order valence-corrected chi connectivity index (χ1v) is 12.0. The number of imide groups is 1. The van der Waals surface area contributed by atoms with Gasteiger partial charge in [-0.05, 0) is 53.2 Å². The second-order valence-electron chi connectivity index (χ2n) is 8.68. The molecule has 4 aromatic rings. The summed E-state index contributed by atoms with van der Waals surface area (Å²) in [5.74, 6) is -1.87. The number of nitrogens with zero attached hydrogens (tertiary/aromatic N) is 1. The van der Waals surface area contributed by atoms with Crippen molar-refractivity contribution in [3.63, 3.8) is 0 Å². The fourth-order valence-electron chi connectivity index (χ4n) is 4.15. The van der Waals surface area contributed by atoms with Crippen molar-refractivity contribution in [1.82, 2.24) is 10.2 Å². The van der Waals surface area contributed by atoms with Gasteiger partial charge in [0, 0.05) is 11.3 Å². The number of halogens is 1. The third-order valence-electron chi connectivity index (χ3n) is 6.01. The smallest absolute Gasteiger partial charge is 0.373 e. The predicted octanol–water partition coefficient (Wildman–Crippen LogP) is 4.47. The number of esters is 1. The minimum Gasteiger partial charge on any atom is -0.483 e. The first kappa shape index (κ1) is 26.2. The van der Waals surface area contributed by atoms with E-state index in [1.807, 2.05) is 24.3 Å². The number of hydrogen-bond donors (Lipinski definition) is 2. The number of anilines is 1. The van der Waals surface area contributed by atoms with Gasteiger partial charge in [0.2, 0.25) is 5.76 Å². The standard InChI is InChI=1S/C29H22FN3O7/c1-38-28(36)25-12-10-20(40-25)15-33-27(35)23(32-29(33)37)14-22-21-8-3-2-5-17(21)9-11-24(22)39-16-26(34)31-19-7-4-6-18(30)13-19/h2-14H,15-16H2,1H3,(H,31,34)(H,32,37)/b23-14-. The molecule has 1 aromatic heterocycles. The normalized spacial score (nSPS) is 13.9. The van der Waals surface area contributed by atoms with E-state index in [0.29, 0.717) is 10.9 Å². The van der Waals surface area contributed by atoms with Crippen LogP contribution in [0.3, 0.4) is 0 Å². The average Bonchev–Trinajstić information content (AvgIpc) is 3.52. The highest BCUT2D eigenvalue weighted by Gasteiger charge is 2.34. The Kier molecular flexibility index (Phi) is 7.27. The fourth-order valence-corrected chi connectivity index (χ4v) is 4.15. The Morgan fingerprint density at radius 1 is 1.05 bits per heavy atom. The number of rotatable bonds is 8. The lowest BCUT2D eigenvalue weighted by molar-refractivity contribution is -0.123. The number of urea groups is 1. The van der Waals surface area contributed by atoms with E-state index < -0.39 is 36.2 Å². The number of furan rings is 1. The number of methoxy groups -OCH3 is 1. The molecular formula is C29H22FN3O7. The van der Waals surface area contributed by atoms with Crippen LogP contribution < -0.4 is 15.4 Å². The first-order valence-electron chi connectivity index (χ1n) is 12.0. The number of carbonyl (C=O) groups excluding carboxylic acids is 4. The molecule has 1 fully saturated rings. The Hall–Kier alpha value is -5.45. The van der Waals surface area contributed by atoms with E-state index in [9.17, 15) is 23.6 Å². The largest absolute Gasteiger partial charge is 0.483 e. The Labute approximate surface area is 227 Å². The predicted molar refractivity (Wildman–Crippen MR) is 142 cm³/mol. The van der Waals surface area contributed by atoms with E-state index in [1.54, 1.807) is 18.2 Å². The number of nitrogens with one attached hydrogen (secondary N) is 2. The lowest BCUT2D eigenvalue weighted by Gasteiger charge is -2.13. The van der Waals surface area contributed by atoms with Crippen molar-refractivity contribution in [2.45, 2.75) is 6.54 Å². The molecule has 1 aliphatic heterocycles. The van der Waals surface area contributed by atoms with Crippen LogP contribution >= 0.6 is 0 Å². The summed E-state index contributed by atoms with van der Waals surface area (Å²) in [5.41, 5.74) is 0.729. The summed E-state index contributed by atoms with van der Waals surface area (Å²) in [6.07, 6.45) is 1.48. The zero-order valence-electron chi connectivity index (χ0n) is 21.1. The van der Waals surface area contributed by atoms with Crippen LogP contribution in [0.25, 0.3) is 16.8 Å². The van der Waals surface area contributed by atoms with Crippen LogP contribution in [-0.2, 0) is 20.9 Å². The summed E-state index contributed by atoms with van der Waals surface area (Å²) < 4.78 is 29.2. The molecule has 202 valence electrons. The minimum atomic E-state index is -0.683. The molecule has 2 N–H and O–H groups in total. The van der Waals surface area contributed by atoms with Gasteiger partial charge in [-0.3, -0.25) is 14.5 Å². The van der Waals surface area contributed by atoms with Crippen molar-refractivity contribution in [3.05, 3.63) is 101 Å². The van der Waals surface area contributed by atoms with Crippen LogP contribution in [0.1, 0.15) is 21.9 Å². The monoisotopic (exact) mass is 543 g/mol. The van der Waals surface area contributed by atoms with E-state index in [2.05, 4.69) is 15.4 Å². The van der Waals surface area contributed by atoms with Gasteiger partial charge >= 0.3 is 12.0 Å². The zero-order valence-corrected chi connectivity index (χ0v) is 21.1. The van der Waals surface area contributed by atoms with Crippen LogP contribution in [0, 0.1) is 5.82 Å². The van der Waals surface area contributed by atoms with E-state index >= 15 is 0 Å². The number of ether oxygens (including phenoxy) is 2. The molecule has 0 aliphatic carbocycles. The fraction of sp³-hybridized carbons (Fsp3) is 0.103. The van der Waals surface area contributed by atoms with Crippen molar-refractivity contribution in [2.75, 3.05) is 19.0 Å². The first-order chi connectivity index (χ1) is 19.3. The molecule has 0 saturated carbocycles. The van der Waals surface area contributed by atoms with Crippen LogP contribution in [0.4, 0.5) is 14.9 Å². The van der Waals surface area contributed by atoms with Gasteiger partial charge in [-0.1, -0.05) is 36.4 Å². The molecule has 4 amide bonds. The number of amides is 4. The highest BCUT2D eigenvalue weighted by Crippen LogP contribution is 2.31. The molecule has 0 unspecified atom stereocenters. The molecule has 40 heavy (non-hydrogen) atoms. The van der Waals surface area contributed by atoms with E-state index in [4.69, 9.17) is 9.15 Å². The molecule has 0 radical (unpaired) electrons. The van der Waals surface area contributed by atoms with Gasteiger partial charge in [0.1, 0.15) is 23.0 Å². The van der Waals surface area contributed by atoms with Crippen molar-refractivity contribution in [2.24, 2.45) is 0 Å². The molecule has 0 atom stereocenters. The molecule has 1 saturated heterocycles. The Morgan fingerprint density at radius 2 is 1.88 bits per heavy atom. The molecule has 10 nitrogen and oxygen atoms in total. The van der Waals surface area contributed by atoms with Crippen molar-refractivity contribution in [3.8, 4) is 5.75 Å². The van der Waals surface area contributed by atoms with E-state index in [0.717, 1.165) is 10.3 Å². The van der Waals surface area contributed by atoms with Gasteiger partial charge in [0.25, 0.3) is 11.8 Å². The van der Waals surface area contributed by atoms with Crippen molar-refractivity contribution < 1.29 is 37.5 Å². The second kappa shape index (κ2) is 11.1. The summed E-state index contributed by atoms with van der Waals surface area (Å²) in [6.45, 7) is -0.601. The van der Waals surface area contributed by atoms with Crippen molar-refractivity contribution >= 4 is 46.4 Å². The maximum atomic E-state index is 13.4. The summed E-state index contributed by atoms with van der Waals surface area (Å²) in [7, 11) is 1.21. The summed E-state index contributed by atoms with van der Waals surface area (Å²) in [4.78, 5) is 50.9. The zero-order chi connectivity index (χ0) is 28.2. The topological polar surface area (TPSA) is 127 Å². The van der Waals surface area contributed by atoms with Gasteiger partial charge in [0.15, 0.2) is 6.61 Å². The summed E-state index contributed by atoms with van der Waals surface area (Å²) >= 11 is 0. The van der Waals surface area contributed by atoms with Gasteiger partial charge < -0.3 is 24.5 Å². The maximum Gasteiger partial charge on any atom is 0.373 e. The number of fused-ring (bicyclic) bond motifs is 1. The quantitative estimate of drug-likeness (QED) is 0.191. The molecule has 5 rings (SSSR count). The SMILES string of the molecule is COC(=O)c1ccc(CN2C(=O)N/C(=C\c3c(OCC(=O)Nc4cccc(F)c4)ccc4ccccc34)C2=O)o1. The van der Waals surface area contributed by atoms with Gasteiger partial charge in [-0.25, -0.2) is 14.0 Å². The molecule has 3 aromatic carbocycles. The third-order valence-corrected chi connectivity index (χ3v) is 6.01. The van der Waals surface area contributed by atoms with E-state index in [-0.39, 0.29) is 35.2 Å². The lowest BCUT2D eigenvalue weighted by Crippen LogP contribution is -2.30. The van der Waals surface area contributed by atoms with Gasteiger partial charge in [-0.15, -0.1) is 0 Å². The highest BCUT2D eigenvalue weighted by atomic mass is 19.1. The summed E-state index contributed by atoms with van der Waals surface area (Å²) in [6, 6.07) is 18.4. The summed E-state index contributed by atoms with van der Waals surface area (Å²) in [5, 5.41) is 6.67. The Balaban J connectivity index is 1.38. The molecule has 11 heteroatoms. The molecule has 0 bridgehead atoms.